The smallest absolute Gasteiger partial charge is 0.332 e. The zero-order valence-corrected chi connectivity index (χ0v) is 19.1. The Morgan fingerprint density at radius 3 is 1.97 bits per heavy atom. The number of hydrogen-bond acceptors (Lipinski definition) is 4. The third-order valence-corrected chi connectivity index (χ3v) is 6.65. The summed E-state index contributed by atoms with van der Waals surface area (Å²) >= 11 is 0. The van der Waals surface area contributed by atoms with E-state index in [9.17, 15) is 9.59 Å². The lowest BCUT2D eigenvalue weighted by atomic mass is 10.00. The van der Waals surface area contributed by atoms with Gasteiger partial charge >= 0.3 is 5.69 Å². The van der Waals surface area contributed by atoms with Gasteiger partial charge in [0.1, 0.15) is 0 Å². The van der Waals surface area contributed by atoms with Crippen LogP contribution < -0.4 is 16.1 Å². The Hall–Kier alpha value is -3.61. The first-order valence-electron chi connectivity index (χ1n) is 11.6. The highest BCUT2D eigenvalue weighted by Crippen LogP contribution is 2.26. The first-order valence-corrected chi connectivity index (χ1v) is 11.6. The summed E-state index contributed by atoms with van der Waals surface area (Å²) in [5.74, 6) is 1.45. The van der Waals surface area contributed by atoms with Crippen molar-refractivity contribution in [2.45, 2.75) is 32.9 Å². The van der Waals surface area contributed by atoms with Gasteiger partial charge in [-0.15, -0.1) is 0 Å². The highest BCUT2D eigenvalue weighted by molar-refractivity contribution is 5.75. The van der Waals surface area contributed by atoms with Crippen LogP contribution in [-0.2, 0) is 20.1 Å². The van der Waals surface area contributed by atoms with Crippen LogP contribution in [0.3, 0.4) is 0 Å². The fourth-order valence-corrected chi connectivity index (χ4v) is 4.63. The molecule has 1 aliphatic rings. The maximum Gasteiger partial charge on any atom is 0.332 e. The average Bonchev–Trinajstić information content (AvgIpc) is 3.21. The molecule has 0 aliphatic carbocycles. The molecule has 0 amide bonds. The quantitative estimate of drug-likeness (QED) is 0.475. The van der Waals surface area contributed by atoms with Gasteiger partial charge in [-0.3, -0.25) is 18.5 Å². The molecular formula is C26H29N5O2. The zero-order valence-electron chi connectivity index (χ0n) is 19.1. The maximum atomic E-state index is 13.7. The Morgan fingerprint density at radius 2 is 1.39 bits per heavy atom. The van der Waals surface area contributed by atoms with Crippen molar-refractivity contribution < 1.29 is 0 Å². The van der Waals surface area contributed by atoms with E-state index in [-0.39, 0.29) is 17.8 Å². The second kappa shape index (κ2) is 8.73. The lowest BCUT2D eigenvalue weighted by Gasteiger charge is -2.31. The molecule has 7 heteroatoms. The summed E-state index contributed by atoms with van der Waals surface area (Å²) < 4.78 is 4.84. The number of aryl methyl sites for hydroxylation is 1. The van der Waals surface area contributed by atoms with E-state index in [0.29, 0.717) is 23.6 Å². The van der Waals surface area contributed by atoms with Gasteiger partial charge in [-0.05, 0) is 29.9 Å². The summed E-state index contributed by atoms with van der Waals surface area (Å²) in [4.78, 5) is 34.0. The van der Waals surface area contributed by atoms with Gasteiger partial charge in [0.2, 0.25) is 5.95 Å². The van der Waals surface area contributed by atoms with Gasteiger partial charge in [-0.1, -0.05) is 67.6 Å². The molecule has 1 saturated heterocycles. The molecule has 1 aliphatic heterocycles. The van der Waals surface area contributed by atoms with Gasteiger partial charge < -0.3 is 4.90 Å². The molecule has 1 fully saturated rings. The monoisotopic (exact) mass is 443 g/mol. The molecule has 4 aromatic rings. The highest BCUT2D eigenvalue weighted by Gasteiger charge is 2.26. The summed E-state index contributed by atoms with van der Waals surface area (Å²) in [6.07, 6.45) is 2.18. The second-order valence-electron chi connectivity index (χ2n) is 9.04. The minimum absolute atomic E-state index is 0.232. The van der Waals surface area contributed by atoms with E-state index in [0.717, 1.165) is 43.0 Å². The summed E-state index contributed by atoms with van der Waals surface area (Å²) in [5, 5.41) is 0. The van der Waals surface area contributed by atoms with E-state index in [4.69, 9.17) is 4.98 Å². The van der Waals surface area contributed by atoms with Crippen LogP contribution in [0, 0.1) is 5.92 Å². The minimum atomic E-state index is -0.348. The number of imidazole rings is 1. The van der Waals surface area contributed by atoms with Crippen molar-refractivity contribution >= 4 is 17.1 Å². The zero-order chi connectivity index (χ0) is 22.9. The summed E-state index contributed by atoms with van der Waals surface area (Å²) in [5.41, 5.74) is 2.28. The molecule has 0 bridgehead atoms. The van der Waals surface area contributed by atoms with E-state index in [2.05, 4.69) is 24.0 Å². The van der Waals surface area contributed by atoms with Gasteiger partial charge in [0.25, 0.3) is 5.56 Å². The largest absolute Gasteiger partial charge is 0.342 e. The molecular weight excluding hydrogens is 414 g/mol. The molecule has 2 aromatic heterocycles. The van der Waals surface area contributed by atoms with Gasteiger partial charge in [0.05, 0.1) is 13.1 Å². The van der Waals surface area contributed by atoms with Crippen molar-refractivity contribution in [2.24, 2.45) is 13.0 Å². The Morgan fingerprint density at radius 1 is 0.848 bits per heavy atom. The summed E-state index contributed by atoms with van der Waals surface area (Å²) in [7, 11) is 1.70. The van der Waals surface area contributed by atoms with Crippen molar-refractivity contribution in [2.75, 3.05) is 18.0 Å². The van der Waals surface area contributed by atoms with E-state index >= 15 is 0 Å². The molecule has 5 rings (SSSR count). The fourth-order valence-electron chi connectivity index (χ4n) is 4.63. The Labute approximate surface area is 192 Å². The maximum absolute atomic E-state index is 13.7. The lowest BCUT2D eigenvalue weighted by Crippen LogP contribution is -2.40. The van der Waals surface area contributed by atoms with Crippen LogP contribution in [0.15, 0.2) is 70.3 Å². The van der Waals surface area contributed by atoms with Crippen LogP contribution in [0.25, 0.3) is 11.2 Å². The third kappa shape index (κ3) is 3.99. The number of rotatable bonds is 5. The molecule has 0 atom stereocenters. The van der Waals surface area contributed by atoms with Crippen LogP contribution >= 0.6 is 0 Å². The Bertz CT molecular complexity index is 1380. The molecule has 0 unspecified atom stereocenters. The average molecular weight is 444 g/mol. The number of nitrogens with zero attached hydrogens (tertiary/aromatic N) is 5. The first-order chi connectivity index (χ1) is 16.0. The lowest BCUT2D eigenvalue weighted by molar-refractivity contribution is 0.432. The Balaban J connectivity index is 1.71. The van der Waals surface area contributed by atoms with Crippen molar-refractivity contribution in [3.63, 3.8) is 0 Å². The van der Waals surface area contributed by atoms with E-state index in [1.54, 1.807) is 7.05 Å². The minimum Gasteiger partial charge on any atom is -0.342 e. The number of piperidine rings is 1. The molecule has 0 saturated carbocycles. The van der Waals surface area contributed by atoms with Crippen LogP contribution in [0.4, 0.5) is 5.95 Å². The van der Waals surface area contributed by atoms with Gasteiger partial charge in [-0.25, -0.2) is 4.79 Å². The van der Waals surface area contributed by atoms with Crippen molar-refractivity contribution in [3.05, 3.63) is 92.6 Å². The normalized spacial score (nSPS) is 14.8. The Kier molecular flexibility index (Phi) is 5.62. The van der Waals surface area contributed by atoms with Crippen molar-refractivity contribution in [1.29, 1.82) is 0 Å². The number of aromatic nitrogens is 4. The molecule has 3 heterocycles. The highest BCUT2D eigenvalue weighted by atomic mass is 16.2. The van der Waals surface area contributed by atoms with E-state index in [1.807, 2.05) is 53.1 Å². The fraction of sp³-hybridized carbons (Fsp3) is 0.346. The molecule has 33 heavy (non-hydrogen) atoms. The van der Waals surface area contributed by atoms with Crippen LogP contribution in [0.5, 0.6) is 0 Å². The van der Waals surface area contributed by atoms with Crippen LogP contribution in [0.2, 0.25) is 0 Å². The van der Waals surface area contributed by atoms with Crippen molar-refractivity contribution in [3.8, 4) is 0 Å². The number of anilines is 1. The number of hydrogen-bond donors (Lipinski definition) is 0. The molecule has 0 N–H and O–H groups in total. The van der Waals surface area contributed by atoms with E-state index < -0.39 is 0 Å². The molecule has 170 valence electrons. The molecule has 0 radical (unpaired) electrons. The van der Waals surface area contributed by atoms with Crippen LogP contribution in [0.1, 0.15) is 30.9 Å². The summed E-state index contributed by atoms with van der Waals surface area (Å²) in [6.45, 7) is 4.82. The van der Waals surface area contributed by atoms with E-state index in [1.165, 1.54) is 9.13 Å². The first kappa shape index (κ1) is 21.2. The SMILES string of the molecule is CC1CCN(c2nc3c(c(=O)n(Cc4ccccc4)c(=O)n3C)n2Cc2ccccc2)CC1. The predicted octanol–water partition coefficient (Wildman–Crippen LogP) is 3.23. The van der Waals surface area contributed by atoms with Gasteiger partial charge in [0.15, 0.2) is 11.2 Å². The third-order valence-electron chi connectivity index (χ3n) is 6.65. The molecule has 0 spiro atoms. The number of fused-ring (bicyclic) bond motifs is 1. The topological polar surface area (TPSA) is 65.1 Å². The van der Waals surface area contributed by atoms with Crippen molar-refractivity contribution in [1.82, 2.24) is 18.7 Å². The van der Waals surface area contributed by atoms with Gasteiger partial charge in [-0.2, -0.15) is 4.98 Å². The van der Waals surface area contributed by atoms with Crippen LogP contribution in [-0.4, -0.2) is 31.8 Å². The molecule has 7 nitrogen and oxygen atoms in total. The standard InChI is InChI=1S/C26H29N5O2/c1-19-13-15-29(16-14-19)25-27-23-22(30(25)17-20-9-5-3-6-10-20)24(32)31(26(33)28(23)2)18-21-11-7-4-8-12-21/h3-12,19H,13-18H2,1-2H3. The van der Waals surface area contributed by atoms with Gasteiger partial charge in [0, 0.05) is 20.1 Å². The number of benzene rings is 2. The molecule has 2 aromatic carbocycles. The predicted molar refractivity (Wildman–Crippen MR) is 131 cm³/mol. The second-order valence-corrected chi connectivity index (χ2v) is 9.04. The summed E-state index contributed by atoms with van der Waals surface area (Å²) in [6, 6.07) is 19.7.